The van der Waals surface area contributed by atoms with Crippen molar-refractivity contribution in [2.75, 3.05) is 6.26 Å². The SMILES string of the molecule is CCc1ccc([C@H](NS(=O)(=O)c2ccc(S(C)(=O)=O)cc2)c2cccc(F)c2)cc1. The summed E-state index contributed by atoms with van der Waals surface area (Å²) in [7, 11) is -7.46. The fourth-order valence-electron chi connectivity index (χ4n) is 3.05. The van der Waals surface area contributed by atoms with E-state index in [1.165, 1.54) is 42.5 Å². The first-order valence-corrected chi connectivity index (χ1v) is 12.6. The second-order valence-corrected chi connectivity index (χ2v) is 10.7. The van der Waals surface area contributed by atoms with Crippen molar-refractivity contribution in [1.29, 1.82) is 0 Å². The molecule has 0 unspecified atom stereocenters. The van der Waals surface area contributed by atoms with Gasteiger partial charge in [-0.05, 0) is 59.5 Å². The van der Waals surface area contributed by atoms with E-state index in [-0.39, 0.29) is 9.79 Å². The highest BCUT2D eigenvalue weighted by Gasteiger charge is 2.24. The van der Waals surface area contributed by atoms with Crippen molar-refractivity contribution in [2.45, 2.75) is 29.2 Å². The summed E-state index contributed by atoms with van der Waals surface area (Å²) in [5.74, 6) is -0.473. The molecule has 0 fully saturated rings. The molecule has 0 saturated heterocycles. The summed E-state index contributed by atoms with van der Waals surface area (Å²) in [5, 5.41) is 0. The minimum atomic E-state index is -4.01. The summed E-state index contributed by atoms with van der Waals surface area (Å²) < 4.78 is 65.7. The van der Waals surface area contributed by atoms with E-state index >= 15 is 0 Å². The molecule has 0 spiro atoms. The maximum atomic E-state index is 13.8. The highest BCUT2D eigenvalue weighted by molar-refractivity contribution is 7.90. The highest BCUT2D eigenvalue weighted by atomic mass is 32.2. The third kappa shape index (κ3) is 5.13. The van der Waals surface area contributed by atoms with E-state index in [0.717, 1.165) is 18.2 Å². The molecule has 8 heteroatoms. The Morgan fingerprint density at radius 1 is 0.833 bits per heavy atom. The number of sulfonamides is 1. The fourth-order valence-corrected chi connectivity index (χ4v) is 4.89. The van der Waals surface area contributed by atoms with Gasteiger partial charge in [-0.3, -0.25) is 0 Å². The molecule has 158 valence electrons. The molecule has 3 rings (SSSR count). The van der Waals surface area contributed by atoms with Crippen molar-refractivity contribution in [1.82, 2.24) is 4.72 Å². The Hall–Kier alpha value is -2.55. The molecule has 0 radical (unpaired) electrons. The first kappa shape index (κ1) is 22.1. The molecule has 0 saturated carbocycles. The lowest BCUT2D eigenvalue weighted by Crippen LogP contribution is -2.29. The molecule has 1 N–H and O–H groups in total. The van der Waals surface area contributed by atoms with Crippen LogP contribution in [0.5, 0.6) is 0 Å². The maximum absolute atomic E-state index is 13.8. The number of hydrogen-bond acceptors (Lipinski definition) is 4. The minimum Gasteiger partial charge on any atom is -0.224 e. The third-order valence-corrected chi connectivity index (χ3v) is 7.31. The molecule has 0 aromatic heterocycles. The highest BCUT2D eigenvalue weighted by Crippen LogP contribution is 2.26. The zero-order chi connectivity index (χ0) is 21.9. The lowest BCUT2D eigenvalue weighted by Gasteiger charge is -2.20. The van der Waals surface area contributed by atoms with Crippen LogP contribution in [0.4, 0.5) is 4.39 Å². The monoisotopic (exact) mass is 447 g/mol. The van der Waals surface area contributed by atoms with Gasteiger partial charge in [-0.2, -0.15) is 4.72 Å². The van der Waals surface area contributed by atoms with Gasteiger partial charge in [0.05, 0.1) is 15.8 Å². The van der Waals surface area contributed by atoms with Crippen molar-refractivity contribution in [3.63, 3.8) is 0 Å². The molecule has 0 aliphatic heterocycles. The van der Waals surface area contributed by atoms with Gasteiger partial charge in [0, 0.05) is 6.26 Å². The molecule has 0 amide bonds. The number of nitrogens with one attached hydrogen (secondary N) is 1. The lowest BCUT2D eigenvalue weighted by molar-refractivity contribution is 0.569. The van der Waals surface area contributed by atoms with Gasteiger partial charge in [0.1, 0.15) is 5.82 Å². The number of rotatable bonds is 7. The van der Waals surface area contributed by atoms with E-state index in [2.05, 4.69) is 4.72 Å². The molecule has 5 nitrogen and oxygen atoms in total. The molecule has 30 heavy (non-hydrogen) atoms. The molecule has 0 heterocycles. The van der Waals surface area contributed by atoms with Gasteiger partial charge in [-0.15, -0.1) is 0 Å². The molecule has 0 aliphatic rings. The van der Waals surface area contributed by atoms with Crippen molar-refractivity contribution in [2.24, 2.45) is 0 Å². The average Bonchev–Trinajstić information content (AvgIpc) is 2.72. The molecule has 3 aromatic carbocycles. The van der Waals surface area contributed by atoms with Crippen molar-refractivity contribution >= 4 is 19.9 Å². The van der Waals surface area contributed by atoms with E-state index in [0.29, 0.717) is 11.1 Å². The van der Waals surface area contributed by atoms with Crippen molar-refractivity contribution < 1.29 is 21.2 Å². The summed E-state index contributed by atoms with van der Waals surface area (Å²) in [6.45, 7) is 2.02. The van der Waals surface area contributed by atoms with Gasteiger partial charge >= 0.3 is 0 Å². The Kier molecular flexibility index (Phi) is 6.40. The smallest absolute Gasteiger partial charge is 0.224 e. The van der Waals surface area contributed by atoms with Gasteiger partial charge in [-0.25, -0.2) is 21.2 Å². The standard InChI is InChI=1S/C22H22FNO4S2/c1-3-16-7-9-17(10-8-16)22(18-5-4-6-19(23)15-18)24-30(27,28)21-13-11-20(12-14-21)29(2,25)26/h4-15,22,24H,3H2,1-2H3/t22-/m0/s1. The first-order valence-electron chi connectivity index (χ1n) is 9.27. The zero-order valence-electron chi connectivity index (χ0n) is 16.5. The van der Waals surface area contributed by atoms with Crippen LogP contribution in [0.25, 0.3) is 0 Å². The molecule has 0 bridgehead atoms. The Balaban J connectivity index is 2.01. The summed E-state index contributed by atoms with van der Waals surface area (Å²) in [6, 6.07) is 17.3. The van der Waals surface area contributed by atoms with Crippen LogP contribution in [0.3, 0.4) is 0 Å². The predicted octanol–water partition coefficient (Wildman–Crippen LogP) is 3.86. The summed E-state index contributed by atoms with van der Waals surface area (Å²) >= 11 is 0. The van der Waals surface area contributed by atoms with Gasteiger partial charge in [0.25, 0.3) is 0 Å². The molecule has 1 atom stereocenters. The molecular formula is C22H22FNO4S2. The van der Waals surface area contributed by atoms with Crippen LogP contribution in [0.15, 0.2) is 82.6 Å². The van der Waals surface area contributed by atoms with Crippen LogP contribution < -0.4 is 4.72 Å². The molecular weight excluding hydrogens is 425 g/mol. The van der Waals surface area contributed by atoms with Gasteiger partial charge in [0.15, 0.2) is 9.84 Å². The van der Waals surface area contributed by atoms with Gasteiger partial charge < -0.3 is 0 Å². The van der Waals surface area contributed by atoms with Crippen LogP contribution in [0.2, 0.25) is 0 Å². The quantitative estimate of drug-likeness (QED) is 0.596. The number of benzene rings is 3. The number of sulfone groups is 1. The lowest BCUT2D eigenvalue weighted by atomic mass is 9.98. The van der Waals surface area contributed by atoms with E-state index < -0.39 is 31.7 Å². The normalized spacial score (nSPS) is 13.2. The second kappa shape index (κ2) is 8.67. The van der Waals surface area contributed by atoms with E-state index in [1.807, 2.05) is 31.2 Å². The van der Waals surface area contributed by atoms with Crippen molar-refractivity contribution in [3.05, 3.63) is 95.3 Å². The number of hydrogen-bond donors (Lipinski definition) is 1. The van der Waals surface area contributed by atoms with Crippen LogP contribution in [-0.4, -0.2) is 23.1 Å². The Bertz CT molecular complexity index is 1240. The Morgan fingerprint density at radius 3 is 1.97 bits per heavy atom. The minimum absolute atomic E-state index is 0.0262. The van der Waals surface area contributed by atoms with Crippen LogP contribution in [-0.2, 0) is 26.3 Å². The number of halogens is 1. The molecule has 3 aromatic rings. The van der Waals surface area contributed by atoms with Crippen LogP contribution in [0.1, 0.15) is 29.7 Å². The second-order valence-electron chi connectivity index (χ2n) is 6.95. The first-order chi connectivity index (χ1) is 14.1. The molecule has 0 aliphatic carbocycles. The summed E-state index contributed by atoms with van der Waals surface area (Å²) in [5.41, 5.74) is 2.21. The average molecular weight is 448 g/mol. The largest absolute Gasteiger partial charge is 0.241 e. The predicted molar refractivity (Wildman–Crippen MR) is 114 cm³/mol. The van der Waals surface area contributed by atoms with Gasteiger partial charge in [0.2, 0.25) is 10.0 Å². The zero-order valence-corrected chi connectivity index (χ0v) is 18.2. The number of aryl methyl sites for hydroxylation is 1. The third-order valence-electron chi connectivity index (χ3n) is 4.74. The Morgan fingerprint density at radius 2 is 1.43 bits per heavy atom. The van der Waals surface area contributed by atoms with Crippen LogP contribution >= 0.6 is 0 Å². The summed E-state index contributed by atoms with van der Waals surface area (Å²) in [4.78, 5) is -0.0558. The summed E-state index contributed by atoms with van der Waals surface area (Å²) in [6.07, 6.45) is 1.89. The van der Waals surface area contributed by atoms with E-state index in [9.17, 15) is 21.2 Å². The van der Waals surface area contributed by atoms with Crippen molar-refractivity contribution in [3.8, 4) is 0 Å². The maximum Gasteiger partial charge on any atom is 0.241 e. The van der Waals surface area contributed by atoms with E-state index in [1.54, 1.807) is 6.07 Å². The van der Waals surface area contributed by atoms with E-state index in [4.69, 9.17) is 0 Å². The van der Waals surface area contributed by atoms with Crippen LogP contribution in [0, 0.1) is 5.82 Å². The fraction of sp³-hybridized carbons (Fsp3) is 0.182. The van der Waals surface area contributed by atoms with Gasteiger partial charge in [-0.1, -0.05) is 43.3 Å². The Labute approximate surface area is 176 Å². The topological polar surface area (TPSA) is 80.3 Å².